The lowest BCUT2D eigenvalue weighted by Gasteiger charge is -2.42. The molecule has 0 aliphatic carbocycles. The molecule has 0 bridgehead atoms. The number of amides is 1. The van der Waals surface area contributed by atoms with Crippen molar-refractivity contribution >= 4 is 28.9 Å². The van der Waals surface area contributed by atoms with E-state index in [4.69, 9.17) is 20.2 Å². The minimum Gasteiger partial charge on any atom is -0.495 e. The van der Waals surface area contributed by atoms with Crippen molar-refractivity contribution in [3.8, 4) is 17.1 Å². The maximum Gasteiger partial charge on any atom is 0.271 e. The summed E-state index contributed by atoms with van der Waals surface area (Å²) in [6.07, 6.45) is 5.70. The number of nitrogens with two attached hydrogens (primary N) is 1. The summed E-state index contributed by atoms with van der Waals surface area (Å²) in [5.41, 5.74) is 8.68. The predicted octanol–water partition coefficient (Wildman–Crippen LogP) is 2.83. The molecule has 44 heavy (non-hydrogen) atoms. The lowest BCUT2D eigenvalue weighted by Crippen LogP contribution is -2.52. The minimum absolute atomic E-state index is 0.0344. The van der Waals surface area contributed by atoms with E-state index in [1.165, 1.54) is 0 Å². The van der Waals surface area contributed by atoms with Crippen molar-refractivity contribution in [2.24, 2.45) is 5.73 Å². The standard InChI is InChI=1S/C31H44N10O3/c1-20-33-19-24(34-20)27-30(35-21-8-16-44-17-9-21)38-31(28(37-27)29(32)42)36-22-4-5-25(26(18-22)43-3)41-10-6-23(7-11-41)40-14-12-39(2)13-15-40/h4-5,18-19,21,23H,6-17H2,1-3H3,(H2,32,42)(H,33,34)(H2,35,36,38). The number of nitrogens with zero attached hydrogens (tertiary/aromatic N) is 6. The van der Waals surface area contributed by atoms with Gasteiger partial charge in [0, 0.05) is 82.5 Å². The zero-order chi connectivity index (χ0) is 30.6. The first kappa shape index (κ1) is 30.1. The Morgan fingerprint density at radius 1 is 1.02 bits per heavy atom. The number of benzene rings is 1. The molecule has 3 aliphatic heterocycles. The zero-order valence-electron chi connectivity index (χ0n) is 25.9. The molecule has 1 amide bonds. The van der Waals surface area contributed by atoms with Gasteiger partial charge in [-0.2, -0.15) is 0 Å². The molecule has 3 saturated heterocycles. The van der Waals surface area contributed by atoms with E-state index in [0.29, 0.717) is 36.5 Å². The molecule has 13 nitrogen and oxygen atoms in total. The summed E-state index contributed by atoms with van der Waals surface area (Å²) < 4.78 is 11.4. The molecule has 0 saturated carbocycles. The van der Waals surface area contributed by atoms with Gasteiger partial charge in [-0.3, -0.25) is 9.69 Å². The van der Waals surface area contributed by atoms with Gasteiger partial charge in [0.2, 0.25) is 0 Å². The smallest absolute Gasteiger partial charge is 0.271 e. The van der Waals surface area contributed by atoms with Crippen LogP contribution in [0, 0.1) is 6.92 Å². The van der Waals surface area contributed by atoms with Crippen molar-refractivity contribution in [2.75, 3.05) is 82.2 Å². The number of hydrogen-bond acceptors (Lipinski definition) is 11. The highest BCUT2D eigenvalue weighted by Crippen LogP contribution is 2.36. The van der Waals surface area contributed by atoms with E-state index in [9.17, 15) is 4.79 Å². The molecule has 1 aromatic carbocycles. The highest BCUT2D eigenvalue weighted by Gasteiger charge is 2.28. The SMILES string of the molecule is COc1cc(Nc2nc(NC3CCOCC3)c(-c3c[nH]c(C)n3)nc2C(N)=O)ccc1N1CCC(N2CCN(C)CC2)CC1. The highest BCUT2D eigenvalue weighted by molar-refractivity contribution is 5.97. The number of piperazine rings is 1. The van der Waals surface area contributed by atoms with Crippen LogP contribution in [0.25, 0.3) is 11.4 Å². The Kier molecular flexibility index (Phi) is 9.14. The first-order valence-electron chi connectivity index (χ1n) is 15.6. The highest BCUT2D eigenvalue weighted by atomic mass is 16.5. The van der Waals surface area contributed by atoms with Crippen LogP contribution >= 0.6 is 0 Å². The van der Waals surface area contributed by atoms with Gasteiger partial charge in [0.25, 0.3) is 5.91 Å². The second kappa shape index (κ2) is 13.4. The van der Waals surface area contributed by atoms with E-state index in [-0.39, 0.29) is 17.6 Å². The van der Waals surface area contributed by atoms with E-state index in [0.717, 1.165) is 87.9 Å². The zero-order valence-corrected chi connectivity index (χ0v) is 25.9. The van der Waals surface area contributed by atoms with Crippen LogP contribution < -0.4 is 26.0 Å². The Labute approximate surface area is 258 Å². The van der Waals surface area contributed by atoms with Crippen LogP contribution in [-0.4, -0.2) is 114 Å². The Morgan fingerprint density at radius 3 is 2.43 bits per heavy atom. The van der Waals surface area contributed by atoms with Gasteiger partial charge in [-0.1, -0.05) is 0 Å². The molecular weight excluding hydrogens is 560 g/mol. The summed E-state index contributed by atoms with van der Waals surface area (Å²) in [4.78, 5) is 37.2. The number of ether oxygens (including phenoxy) is 2. The number of H-pyrrole nitrogens is 1. The van der Waals surface area contributed by atoms with Gasteiger partial charge in [0.1, 0.15) is 23.0 Å². The van der Waals surface area contributed by atoms with Crippen LogP contribution in [-0.2, 0) is 4.74 Å². The number of carbonyl (C=O) groups is 1. The molecule has 5 heterocycles. The summed E-state index contributed by atoms with van der Waals surface area (Å²) in [6.45, 7) is 9.75. The van der Waals surface area contributed by atoms with Crippen LogP contribution in [0.5, 0.6) is 5.75 Å². The van der Waals surface area contributed by atoms with Gasteiger partial charge < -0.3 is 40.6 Å². The monoisotopic (exact) mass is 604 g/mol. The number of aryl methyl sites for hydroxylation is 1. The average molecular weight is 605 g/mol. The van der Waals surface area contributed by atoms with Crippen LogP contribution in [0.15, 0.2) is 24.4 Å². The fraction of sp³-hybridized carbons (Fsp3) is 0.548. The Hall–Kier alpha value is -3.94. The number of aromatic amines is 1. The molecule has 13 heteroatoms. The molecule has 3 aromatic rings. The van der Waals surface area contributed by atoms with Crippen LogP contribution in [0.1, 0.15) is 42.0 Å². The molecule has 0 radical (unpaired) electrons. The van der Waals surface area contributed by atoms with E-state index in [2.05, 4.69) is 53.4 Å². The summed E-state index contributed by atoms with van der Waals surface area (Å²) in [5.74, 6) is 1.61. The van der Waals surface area contributed by atoms with Crippen LogP contribution in [0.3, 0.4) is 0 Å². The van der Waals surface area contributed by atoms with E-state index in [1.54, 1.807) is 13.3 Å². The molecule has 3 aliphatic rings. The molecule has 3 fully saturated rings. The van der Waals surface area contributed by atoms with Gasteiger partial charge in [0.05, 0.1) is 12.8 Å². The number of rotatable bonds is 9. The molecule has 0 atom stereocenters. The number of imidazole rings is 1. The second-order valence-electron chi connectivity index (χ2n) is 12.0. The second-order valence-corrected chi connectivity index (χ2v) is 12.0. The number of piperidine rings is 1. The lowest BCUT2D eigenvalue weighted by molar-refractivity contribution is 0.0904. The van der Waals surface area contributed by atoms with Crippen LogP contribution in [0.4, 0.5) is 23.0 Å². The Bertz CT molecular complexity index is 1440. The number of aromatic nitrogens is 4. The Balaban J connectivity index is 1.23. The molecular formula is C31H44N10O3. The molecule has 6 rings (SSSR count). The van der Waals surface area contributed by atoms with Crippen molar-refractivity contribution in [2.45, 2.75) is 44.7 Å². The maximum absolute atomic E-state index is 12.6. The third-order valence-corrected chi connectivity index (χ3v) is 8.94. The van der Waals surface area contributed by atoms with Gasteiger partial charge in [-0.15, -0.1) is 0 Å². The van der Waals surface area contributed by atoms with Gasteiger partial charge in [-0.25, -0.2) is 15.0 Å². The molecule has 5 N–H and O–H groups in total. The van der Waals surface area contributed by atoms with Crippen molar-refractivity contribution in [1.29, 1.82) is 0 Å². The van der Waals surface area contributed by atoms with E-state index in [1.807, 2.05) is 19.1 Å². The Morgan fingerprint density at radius 2 is 1.77 bits per heavy atom. The van der Waals surface area contributed by atoms with E-state index >= 15 is 0 Å². The van der Waals surface area contributed by atoms with Crippen molar-refractivity contribution < 1.29 is 14.3 Å². The first-order valence-corrected chi connectivity index (χ1v) is 15.6. The topological polar surface area (TPSA) is 150 Å². The number of carbonyl (C=O) groups excluding carboxylic acids is 1. The quantitative estimate of drug-likeness (QED) is 0.286. The summed E-state index contributed by atoms with van der Waals surface area (Å²) in [5, 5.41) is 6.81. The van der Waals surface area contributed by atoms with Crippen LogP contribution in [0.2, 0.25) is 0 Å². The average Bonchev–Trinajstić information content (AvgIpc) is 3.48. The fourth-order valence-corrected chi connectivity index (χ4v) is 6.36. The number of methoxy groups -OCH3 is 1. The molecule has 236 valence electrons. The summed E-state index contributed by atoms with van der Waals surface area (Å²) in [6, 6.07) is 6.77. The number of primary amides is 1. The number of hydrogen-bond donors (Lipinski definition) is 4. The van der Waals surface area contributed by atoms with E-state index < -0.39 is 5.91 Å². The normalized spacial score (nSPS) is 19.2. The minimum atomic E-state index is -0.682. The maximum atomic E-state index is 12.6. The van der Waals surface area contributed by atoms with Crippen molar-refractivity contribution in [3.63, 3.8) is 0 Å². The van der Waals surface area contributed by atoms with Gasteiger partial charge in [-0.05, 0) is 51.8 Å². The largest absolute Gasteiger partial charge is 0.495 e. The number of nitrogens with one attached hydrogen (secondary N) is 3. The molecule has 0 spiro atoms. The van der Waals surface area contributed by atoms with Crippen molar-refractivity contribution in [1.82, 2.24) is 29.7 Å². The summed E-state index contributed by atoms with van der Waals surface area (Å²) in [7, 11) is 3.89. The molecule has 0 unspecified atom stereocenters. The number of likely N-dealkylation sites (N-methyl/N-ethyl adjacent to an activating group) is 1. The van der Waals surface area contributed by atoms with Crippen molar-refractivity contribution in [3.05, 3.63) is 35.9 Å². The third-order valence-electron chi connectivity index (χ3n) is 8.94. The predicted molar refractivity (Wildman–Crippen MR) is 171 cm³/mol. The van der Waals surface area contributed by atoms with Gasteiger partial charge >= 0.3 is 0 Å². The van der Waals surface area contributed by atoms with Gasteiger partial charge in [0.15, 0.2) is 17.3 Å². The third kappa shape index (κ3) is 6.74. The summed E-state index contributed by atoms with van der Waals surface area (Å²) >= 11 is 0. The fourth-order valence-electron chi connectivity index (χ4n) is 6.36. The molecule has 2 aromatic heterocycles. The number of anilines is 4. The lowest BCUT2D eigenvalue weighted by atomic mass is 10.0. The first-order chi connectivity index (χ1) is 21.4.